The van der Waals surface area contributed by atoms with Crippen LogP contribution >= 0.6 is 0 Å². The van der Waals surface area contributed by atoms with Gasteiger partial charge in [0.1, 0.15) is 0 Å². The molecule has 0 saturated carbocycles. The molecule has 3 rings (SSSR count). The summed E-state index contributed by atoms with van der Waals surface area (Å²) in [7, 11) is 0. The molecule has 2 aromatic carbocycles. The van der Waals surface area contributed by atoms with Crippen LogP contribution in [0.3, 0.4) is 0 Å². The van der Waals surface area contributed by atoms with E-state index < -0.39 is 0 Å². The van der Waals surface area contributed by atoms with Crippen LogP contribution in [0.1, 0.15) is 36.5 Å². The molecule has 152 valence electrons. The summed E-state index contributed by atoms with van der Waals surface area (Å²) in [6.07, 6.45) is 3.31. The highest BCUT2D eigenvalue weighted by Crippen LogP contribution is 2.17. The number of benzene rings is 2. The van der Waals surface area contributed by atoms with E-state index in [1.807, 2.05) is 17.0 Å². The molecule has 1 heterocycles. The minimum atomic E-state index is -0.210. The number of nitrogens with one attached hydrogen (secondary N) is 3. The average Bonchev–Trinajstić information content (AvgIpc) is 2.72. The standard InChI is InChI=1S/C22H26N4O3/c1-16(27)24-19-6-5-7-20(14-19)25-21(28)15-23-18-10-8-17(9-11-18)22(29)26-12-3-2-4-13-26/h5-11,14,23H,2-4,12-13,15H2,1H3,(H,24,27)(H,25,28). The molecule has 29 heavy (non-hydrogen) atoms. The fraction of sp³-hybridized carbons (Fsp3) is 0.318. The second-order valence-electron chi connectivity index (χ2n) is 7.09. The molecule has 2 aromatic rings. The van der Waals surface area contributed by atoms with Gasteiger partial charge in [0, 0.05) is 42.6 Å². The normalized spacial score (nSPS) is 13.5. The number of likely N-dealkylation sites (tertiary alicyclic amines) is 1. The van der Waals surface area contributed by atoms with Gasteiger partial charge in [0.25, 0.3) is 5.91 Å². The Morgan fingerprint density at radius 1 is 0.862 bits per heavy atom. The molecule has 3 amide bonds. The van der Waals surface area contributed by atoms with Gasteiger partial charge >= 0.3 is 0 Å². The fourth-order valence-electron chi connectivity index (χ4n) is 3.28. The van der Waals surface area contributed by atoms with Gasteiger partial charge in [-0.05, 0) is 61.7 Å². The maximum absolute atomic E-state index is 12.5. The van der Waals surface area contributed by atoms with E-state index in [-0.39, 0.29) is 24.3 Å². The second kappa shape index (κ2) is 9.73. The molecule has 0 spiro atoms. The summed E-state index contributed by atoms with van der Waals surface area (Å²) in [5.74, 6) is -0.316. The van der Waals surface area contributed by atoms with Crippen LogP contribution < -0.4 is 16.0 Å². The van der Waals surface area contributed by atoms with E-state index in [1.165, 1.54) is 13.3 Å². The van der Waals surface area contributed by atoms with Crippen molar-refractivity contribution in [3.05, 3.63) is 54.1 Å². The molecule has 1 aliphatic heterocycles. The van der Waals surface area contributed by atoms with Crippen LogP contribution in [-0.4, -0.2) is 42.3 Å². The van der Waals surface area contributed by atoms with Gasteiger partial charge in [-0.2, -0.15) is 0 Å². The third-order valence-electron chi connectivity index (χ3n) is 4.69. The van der Waals surface area contributed by atoms with Gasteiger partial charge in [-0.1, -0.05) is 6.07 Å². The number of anilines is 3. The van der Waals surface area contributed by atoms with Crippen molar-refractivity contribution >= 4 is 34.8 Å². The zero-order valence-corrected chi connectivity index (χ0v) is 16.5. The first-order chi connectivity index (χ1) is 14.0. The number of carbonyl (C=O) groups excluding carboxylic acids is 3. The topological polar surface area (TPSA) is 90.5 Å². The van der Waals surface area contributed by atoms with Crippen molar-refractivity contribution in [2.45, 2.75) is 26.2 Å². The summed E-state index contributed by atoms with van der Waals surface area (Å²) in [4.78, 5) is 37.7. The van der Waals surface area contributed by atoms with Crippen molar-refractivity contribution in [3.63, 3.8) is 0 Å². The van der Waals surface area contributed by atoms with Gasteiger partial charge in [0.05, 0.1) is 6.54 Å². The Labute approximate surface area is 170 Å². The maximum atomic E-state index is 12.5. The molecule has 3 N–H and O–H groups in total. The Morgan fingerprint density at radius 3 is 2.17 bits per heavy atom. The molecule has 0 bridgehead atoms. The van der Waals surface area contributed by atoms with Crippen molar-refractivity contribution in [1.82, 2.24) is 4.90 Å². The van der Waals surface area contributed by atoms with Crippen LogP contribution in [-0.2, 0) is 9.59 Å². The number of amides is 3. The summed E-state index contributed by atoms with van der Waals surface area (Å²) in [6, 6.07) is 14.1. The van der Waals surface area contributed by atoms with E-state index in [0.717, 1.165) is 31.6 Å². The average molecular weight is 394 g/mol. The molecule has 7 nitrogen and oxygen atoms in total. The minimum absolute atomic E-state index is 0.0630. The SMILES string of the molecule is CC(=O)Nc1cccc(NC(=O)CNc2ccc(C(=O)N3CCCCC3)cc2)c1. The summed E-state index contributed by atoms with van der Waals surface area (Å²) < 4.78 is 0. The van der Waals surface area contributed by atoms with Crippen LogP contribution in [0.15, 0.2) is 48.5 Å². The number of nitrogens with zero attached hydrogens (tertiary/aromatic N) is 1. The first-order valence-corrected chi connectivity index (χ1v) is 9.82. The highest BCUT2D eigenvalue weighted by molar-refractivity contribution is 5.96. The minimum Gasteiger partial charge on any atom is -0.376 e. The van der Waals surface area contributed by atoms with Gasteiger partial charge in [-0.15, -0.1) is 0 Å². The van der Waals surface area contributed by atoms with Crippen LogP contribution in [0.4, 0.5) is 17.1 Å². The van der Waals surface area contributed by atoms with E-state index >= 15 is 0 Å². The molecule has 1 fully saturated rings. The first-order valence-electron chi connectivity index (χ1n) is 9.82. The molecule has 0 aromatic heterocycles. The number of hydrogen-bond donors (Lipinski definition) is 3. The van der Waals surface area contributed by atoms with Gasteiger partial charge in [0.15, 0.2) is 0 Å². The summed E-state index contributed by atoms with van der Waals surface area (Å²) in [5.41, 5.74) is 2.65. The number of rotatable bonds is 6. The molecule has 1 aliphatic rings. The smallest absolute Gasteiger partial charge is 0.253 e. The lowest BCUT2D eigenvalue weighted by atomic mass is 10.1. The summed E-state index contributed by atoms with van der Waals surface area (Å²) in [6.45, 7) is 3.16. The molecule has 0 unspecified atom stereocenters. The van der Waals surface area contributed by atoms with Gasteiger partial charge in [-0.25, -0.2) is 0 Å². The third-order valence-corrected chi connectivity index (χ3v) is 4.69. The number of piperidine rings is 1. The van der Waals surface area contributed by atoms with Crippen LogP contribution in [0.2, 0.25) is 0 Å². The molecule has 0 radical (unpaired) electrons. The van der Waals surface area contributed by atoms with Crippen molar-refractivity contribution in [3.8, 4) is 0 Å². The van der Waals surface area contributed by atoms with E-state index in [0.29, 0.717) is 16.9 Å². The lowest BCUT2D eigenvalue weighted by Crippen LogP contribution is -2.35. The van der Waals surface area contributed by atoms with Crippen molar-refractivity contribution in [1.29, 1.82) is 0 Å². The predicted octanol–water partition coefficient (Wildman–Crippen LogP) is 3.32. The molecule has 0 atom stereocenters. The third kappa shape index (κ3) is 6.07. The Hall–Kier alpha value is -3.35. The lowest BCUT2D eigenvalue weighted by Gasteiger charge is -2.26. The lowest BCUT2D eigenvalue weighted by molar-refractivity contribution is -0.115. The molecule has 0 aliphatic carbocycles. The van der Waals surface area contributed by atoms with Gasteiger partial charge in [0.2, 0.25) is 11.8 Å². The van der Waals surface area contributed by atoms with Crippen LogP contribution in [0.25, 0.3) is 0 Å². The first kappa shape index (κ1) is 20.4. The van der Waals surface area contributed by atoms with E-state index in [2.05, 4.69) is 16.0 Å². The molecule has 7 heteroatoms. The molecule has 1 saturated heterocycles. The largest absolute Gasteiger partial charge is 0.376 e. The monoisotopic (exact) mass is 394 g/mol. The summed E-state index contributed by atoms with van der Waals surface area (Å²) >= 11 is 0. The van der Waals surface area contributed by atoms with Crippen molar-refractivity contribution in [2.75, 3.05) is 35.6 Å². The highest BCUT2D eigenvalue weighted by Gasteiger charge is 2.17. The quantitative estimate of drug-likeness (QED) is 0.701. The summed E-state index contributed by atoms with van der Waals surface area (Å²) in [5, 5.41) is 8.51. The highest BCUT2D eigenvalue weighted by atomic mass is 16.2. The van der Waals surface area contributed by atoms with Gasteiger partial charge in [-0.3, -0.25) is 14.4 Å². The predicted molar refractivity (Wildman–Crippen MR) is 114 cm³/mol. The zero-order valence-electron chi connectivity index (χ0n) is 16.5. The van der Waals surface area contributed by atoms with Crippen molar-refractivity contribution < 1.29 is 14.4 Å². The van der Waals surface area contributed by atoms with Crippen LogP contribution in [0.5, 0.6) is 0 Å². The van der Waals surface area contributed by atoms with Gasteiger partial charge < -0.3 is 20.9 Å². The fourth-order valence-corrected chi connectivity index (χ4v) is 3.28. The molecular weight excluding hydrogens is 368 g/mol. The van der Waals surface area contributed by atoms with E-state index in [9.17, 15) is 14.4 Å². The number of carbonyl (C=O) groups is 3. The Kier molecular flexibility index (Phi) is 6.84. The van der Waals surface area contributed by atoms with Crippen molar-refractivity contribution in [2.24, 2.45) is 0 Å². The van der Waals surface area contributed by atoms with E-state index in [1.54, 1.807) is 36.4 Å². The Bertz CT molecular complexity index is 874. The zero-order chi connectivity index (χ0) is 20.6. The molecular formula is C22H26N4O3. The number of hydrogen-bond acceptors (Lipinski definition) is 4. The Balaban J connectivity index is 1.50. The van der Waals surface area contributed by atoms with Crippen LogP contribution in [0, 0.1) is 0 Å². The maximum Gasteiger partial charge on any atom is 0.253 e. The second-order valence-corrected chi connectivity index (χ2v) is 7.09. The van der Waals surface area contributed by atoms with E-state index in [4.69, 9.17) is 0 Å². The Morgan fingerprint density at radius 2 is 1.52 bits per heavy atom.